The number of halogens is 4. The van der Waals surface area contributed by atoms with Gasteiger partial charge >= 0.3 is 58.9 Å². The quantitative estimate of drug-likeness (QED) is 0.479. The van der Waals surface area contributed by atoms with Gasteiger partial charge in [0.15, 0.2) is 0 Å². The standard InChI is InChI=1S/C7H6Br.BF3.K/c1-6-2-4-7(8)5-3-6;2-1(3)4;/h2-5H,1H2;;/q-1;;+1. The Morgan fingerprint density at radius 2 is 1.38 bits per heavy atom. The Kier molecular flexibility index (Phi) is 12.2. The first-order valence-electron chi connectivity index (χ1n) is 3.02. The van der Waals surface area contributed by atoms with Gasteiger partial charge in [0.1, 0.15) is 0 Å². The monoisotopic (exact) mass is 276 g/mol. The molecule has 0 aliphatic rings. The molecule has 0 saturated carbocycles. The van der Waals surface area contributed by atoms with Crippen LogP contribution in [0.25, 0.3) is 0 Å². The van der Waals surface area contributed by atoms with E-state index in [4.69, 9.17) is 0 Å². The first kappa shape index (κ1) is 16.5. The van der Waals surface area contributed by atoms with Gasteiger partial charge in [-0.2, -0.15) is 24.6 Å². The molecule has 1 aromatic carbocycles. The van der Waals surface area contributed by atoms with Crippen LogP contribution in [0, 0.1) is 6.92 Å². The molecule has 0 heterocycles. The Bertz CT molecular complexity index is 194. The molecule has 0 unspecified atom stereocenters. The summed E-state index contributed by atoms with van der Waals surface area (Å²) in [4.78, 5) is 0. The molecule has 0 nitrogen and oxygen atoms in total. The normalized spacial score (nSPS) is 7.69. The van der Waals surface area contributed by atoms with E-state index in [0.717, 1.165) is 10.0 Å². The smallest absolute Gasteiger partial charge is 0.254 e. The molecule has 0 bridgehead atoms. The Hall–Kier alpha value is 1.06. The van der Waals surface area contributed by atoms with Crippen LogP contribution in [0.5, 0.6) is 0 Å². The number of benzene rings is 1. The van der Waals surface area contributed by atoms with Gasteiger partial charge in [-0.3, -0.25) is 12.9 Å². The summed E-state index contributed by atoms with van der Waals surface area (Å²) in [7, 11) is -3.67. The third-order valence-corrected chi connectivity index (χ3v) is 1.44. The van der Waals surface area contributed by atoms with E-state index in [0.29, 0.717) is 0 Å². The number of rotatable bonds is 0. The molecule has 0 radical (unpaired) electrons. The predicted molar refractivity (Wildman–Crippen MR) is 47.7 cm³/mol. The van der Waals surface area contributed by atoms with Crippen molar-refractivity contribution < 1.29 is 64.3 Å². The molecule has 0 amide bonds. The summed E-state index contributed by atoms with van der Waals surface area (Å²) >= 11 is 3.32. The maximum Gasteiger partial charge on any atom is 1.00 e. The fourth-order valence-electron chi connectivity index (χ4n) is 0.484. The van der Waals surface area contributed by atoms with Gasteiger partial charge in [-0.25, -0.2) is 0 Å². The van der Waals surface area contributed by atoms with Crippen molar-refractivity contribution in [3.8, 4) is 0 Å². The largest absolute Gasteiger partial charge is 1.00 e. The van der Waals surface area contributed by atoms with Gasteiger partial charge in [0.05, 0.1) is 0 Å². The van der Waals surface area contributed by atoms with E-state index in [9.17, 15) is 12.9 Å². The van der Waals surface area contributed by atoms with Crippen LogP contribution < -0.4 is 51.4 Å². The second kappa shape index (κ2) is 9.61. The fourth-order valence-corrected chi connectivity index (χ4v) is 0.749. The molecule has 0 saturated heterocycles. The Balaban J connectivity index is 0. The van der Waals surface area contributed by atoms with Crippen molar-refractivity contribution in [2.75, 3.05) is 0 Å². The molecule has 0 aliphatic carbocycles. The molecule has 0 aromatic heterocycles. The first-order chi connectivity index (χ1) is 5.52. The summed E-state index contributed by atoms with van der Waals surface area (Å²) in [5.74, 6) is 0. The predicted octanol–water partition coefficient (Wildman–Crippen LogP) is 0.515. The summed E-state index contributed by atoms with van der Waals surface area (Å²) in [5, 5.41) is 0. The zero-order valence-electron chi connectivity index (χ0n) is 7.11. The SMILES string of the molecule is FB(F)F.[CH2-]c1ccc(Br)cc1.[K+]. The maximum atomic E-state index is 9.67. The van der Waals surface area contributed by atoms with Crippen molar-refractivity contribution in [2.45, 2.75) is 0 Å². The molecule has 0 spiro atoms. The average molecular weight is 277 g/mol. The average Bonchev–Trinajstić information content (AvgIpc) is 1.94. The summed E-state index contributed by atoms with van der Waals surface area (Å²) in [6.07, 6.45) is 0. The summed E-state index contributed by atoms with van der Waals surface area (Å²) in [5.41, 5.74) is 1.05. The van der Waals surface area contributed by atoms with E-state index < -0.39 is 7.54 Å². The van der Waals surface area contributed by atoms with Crippen LogP contribution in [0.2, 0.25) is 0 Å². The first-order valence-corrected chi connectivity index (χ1v) is 3.81. The van der Waals surface area contributed by atoms with E-state index in [2.05, 4.69) is 22.9 Å². The number of hydrogen-bond donors (Lipinski definition) is 0. The van der Waals surface area contributed by atoms with Gasteiger partial charge in [-0.05, 0) is 4.47 Å². The van der Waals surface area contributed by atoms with E-state index in [1.54, 1.807) is 0 Å². The summed E-state index contributed by atoms with van der Waals surface area (Å²) < 4.78 is 30.1. The van der Waals surface area contributed by atoms with Gasteiger partial charge in [-0.15, -0.1) is 12.1 Å². The molecule has 66 valence electrons. The molecular weight excluding hydrogens is 271 g/mol. The van der Waals surface area contributed by atoms with Crippen LogP contribution in [0.1, 0.15) is 5.56 Å². The molecule has 0 N–H and O–H groups in total. The minimum absolute atomic E-state index is 0. The molecule has 1 rings (SSSR count). The molecular formula is C7H6BBrF3K. The second-order valence-electron chi connectivity index (χ2n) is 1.87. The zero-order chi connectivity index (χ0) is 9.56. The molecule has 13 heavy (non-hydrogen) atoms. The van der Waals surface area contributed by atoms with Crippen LogP contribution in [-0.2, 0) is 0 Å². The topological polar surface area (TPSA) is 0 Å². The van der Waals surface area contributed by atoms with E-state index in [1.807, 2.05) is 24.3 Å². The Morgan fingerprint density at radius 3 is 1.62 bits per heavy atom. The van der Waals surface area contributed by atoms with Crippen molar-refractivity contribution in [3.63, 3.8) is 0 Å². The van der Waals surface area contributed by atoms with Crippen LogP contribution in [0.3, 0.4) is 0 Å². The zero-order valence-corrected chi connectivity index (χ0v) is 11.8. The van der Waals surface area contributed by atoms with Crippen LogP contribution >= 0.6 is 15.9 Å². The molecule has 0 fully saturated rings. The fraction of sp³-hybridized carbons (Fsp3) is 0. The van der Waals surface area contributed by atoms with Gasteiger partial charge in [0.25, 0.3) is 0 Å². The van der Waals surface area contributed by atoms with Crippen molar-refractivity contribution in [1.29, 1.82) is 0 Å². The maximum absolute atomic E-state index is 9.67. The second-order valence-corrected chi connectivity index (χ2v) is 2.79. The third-order valence-electron chi connectivity index (χ3n) is 0.913. The van der Waals surface area contributed by atoms with Gasteiger partial charge in [-0.1, -0.05) is 15.9 Å². The molecule has 6 heteroatoms. The van der Waals surface area contributed by atoms with Gasteiger partial charge in [0.2, 0.25) is 0 Å². The Morgan fingerprint density at radius 1 is 1.08 bits per heavy atom. The molecule has 1 aromatic rings. The Labute approximate surface area is 127 Å². The van der Waals surface area contributed by atoms with Crippen LogP contribution in [0.15, 0.2) is 28.7 Å². The van der Waals surface area contributed by atoms with Crippen LogP contribution in [0.4, 0.5) is 12.9 Å². The van der Waals surface area contributed by atoms with Crippen molar-refractivity contribution in [3.05, 3.63) is 41.2 Å². The minimum atomic E-state index is -3.67. The van der Waals surface area contributed by atoms with Gasteiger partial charge < -0.3 is 0 Å². The van der Waals surface area contributed by atoms with E-state index in [1.165, 1.54) is 0 Å². The van der Waals surface area contributed by atoms with E-state index >= 15 is 0 Å². The van der Waals surface area contributed by atoms with Gasteiger partial charge in [0, 0.05) is 0 Å². The number of hydrogen-bond acceptors (Lipinski definition) is 0. The van der Waals surface area contributed by atoms with Crippen molar-refractivity contribution in [1.82, 2.24) is 0 Å². The van der Waals surface area contributed by atoms with E-state index in [-0.39, 0.29) is 51.4 Å². The van der Waals surface area contributed by atoms with Crippen molar-refractivity contribution in [2.24, 2.45) is 0 Å². The molecule has 0 aliphatic heterocycles. The third kappa shape index (κ3) is 13.1. The van der Waals surface area contributed by atoms with Crippen LogP contribution in [-0.4, -0.2) is 7.54 Å². The molecule has 0 atom stereocenters. The minimum Gasteiger partial charge on any atom is -0.254 e. The van der Waals surface area contributed by atoms with Crippen molar-refractivity contribution >= 4 is 23.5 Å². The summed E-state index contributed by atoms with van der Waals surface area (Å²) in [6.45, 7) is 3.74. The summed E-state index contributed by atoms with van der Waals surface area (Å²) in [6, 6.07) is 7.87.